The van der Waals surface area contributed by atoms with Crippen LogP contribution in [0.25, 0.3) is 11.0 Å². The topological polar surface area (TPSA) is 47.8 Å². The van der Waals surface area contributed by atoms with Gasteiger partial charge in [-0.25, -0.2) is 9.97 Å². The molecule has 2 fully saturated rings. The van der Waals surface area contributed by atoms with Gasteiger partial charge < -0.3 is 4.57 Å². The normalized spacial score (nSPS) is 31.3. The molecular weight excluding hydrogens is 322 g/mol. The molecule has 0 saturated heterocycles. The van der Waals surface area contributed by atoms with Gasteiger partial charge in [0.15, 0.2) is 6.29 Å². The van der Waals surface area contributed by atoms with E-state index < -0.39 is 0 Å². The summed E-state index contributed by atoms with van der Waals surface area (Å²) in [6, 6.07) is 0.335. The molecule has 2 aliphatic carbocycles. The Morgan fingerprint density at radius 1 is 1.33 bits per heavy atom. The minimum absolute atomic E-state index is 0.335. The number of halogens is 1. The lowest BCUT2D eigenvalue weighted by atomic mass is 9.85. The molecule has 2 saturated carbocycles. The summed E-state index contributed by atoms with van der Waals surface area (Å²) in [6.07, 6.45) is 9.85. The maximum Gasteiger partial charge on any atom is 0.152 e. The first-order valence-electron chi connectivity index (χ1n) is 8.54. The van der Waals surface area contributed by atoms with Gasteiger partial charge in [0.2, 0.25) is 0 Å². The van der Waals surface area contributed by atoms with E-state index in [0.29, 0.717) is 45.3 Å². The van der Waals surface area contributed by atoms with Crippen LogP contribution in [0, 0.1) is 23.2 Å². The highest BCUT2D eigenvalue weighted by atomic mass is 35.5. The summed E-state index contributed by atoms with van der Waals surface area (Å²) in [4.78, 5) is 20.0. The van der Waals surface area contributed by atoms with Crippen LogP contribution in [0.5, 0.6) is 0 Å². The molecule has 0 spiro atoms. The maximum atomic E-state index is 11.5. The minimum Gasteiger partial charge on any atom is -0.328 e. The van der Waals surface area contributed by atoms with Crippen molar-refractivity contribution in [2.24, 2.45) is 23.2 Å². The molecule has 4 rings (SSSR count). The van der Waals surface area contributed by atoms with Crippen LogP contribution in [0.4, 0.5) is 0 Å². The molecule has 0 bridgehead atoms. The fraction of sp³-hybridized carbons (Fsp3) is 0.526. The van der Waals surface area contributed by atoms with Gasteiger partial charge in [0.1, 0.15) is 17.1 Å². The highest BCUT2D eigenvalue weighted by Gasteiger charge is 2.51. The second kappa shape index (κ2) is 5.41. The first-order valence-corrected chi connectivity index (χ1v) is 8.92. The molecule has 0 N–H and O–H groups in total. The van der Waals surface area contributed by atoms with Gasteiger partial charge in [0.25, 0.3) is 0 Å². The Morgan fingerprint density at radius 2 is 2.08 bits per heavy atom. The number of rotatable bonds is 3. The number of aldehydes is 1. The first kappa shape index (κ1) is 15.8. The lowest BCUT2D eigenvalue weighted by Crippen LogP contribution is -2.16. The molecule has 0 aromatic carbocycles. The van der Waals surface area contributed by atoms with Crippen LogP contribution in [0.3, 0.4) is 0 Å². The third kappa shape index (κ3) is 2.23. The lowest BCUT2D eigenvalue weighted by Gasteiger charge is -2.24. The molecule has 2 heterocycles. The number of nitrogens with zero attached hydrogens (tertiary/aromatic N) is 3. The van der Waals surface area contributed by atoms with E-state index in [4.69, 9.17) is 11.6 Å². The van der Waals surface area contributed by atoms with Gasteiger partial charge in [0, 0.05) is 17.8 Å². The van der Waals surface area contributed by atoms with Gasteiger partial charge in [-0.1, -0.05) is 31.5 Å². The number of carbonyl (C=O) groups is 1. The minimum atomic E-state index is 0.335. The first-order chi connectivity index (χ1) is 11.4. The molecule has 5 heteroatoms. The Kier molecular flexibility index (Phi) is 3.57. The SMILES string of the molecule is C=C[C@H]1C[C@@H](n2cc(C=O)c3c(Cl)ncnc32)[C@@H]2CC(C)(C)C[C@@H]21. The second-order valence-corrected chi connectivity index (χ2v) is 8.43. The van der Waals surface area contributed by atoms with Crippen molar-refractivity contribution in [3.05, 3.63) is 35.9 Å². The smallest absolute Gasteiger partial charge is 0.152 e. The van der Waals surface area contributed by atoms with E-state index in [2.05, 4.69) is 41.0 Å². The fourth-order valence-corrected chi connectivity index (χ4v) is 5.43. The van der Waals surface area contributed by atoms with Crippen molar-refractivity contribution in [2.75, 3.05) is 0 Å². The molecule has 126 valence electrons. The second-order valence-electron chi connectivity index (χ2n) is 8.08. The van der Waals surface area contributed by atoms with E-state index in [1.165, 1.54) is 19.2 Å². The number of fused-ring (bicyclic) bond motifs is 2. The van der Waals surface area contributed by atoms with E-state index in [-0.39, 0.29) is 0 Å². The number of carbonyl (C=O) groups excluding carboxylic acids is 1. The van der Waals surface area contributed by atoms with Gasteiger partial charge in [-0.15, -0.1) is 6.58 Å². The van der Waals surface area contributed by atoms with Crippen LogP contribution < -0.4 is 0 Å². The molecular formula is C19H22ClN3O. The average molecular weight is 344 g/mol. The molecule has 0 amide bonds. The zero-order valence-electron chi connectivity index (χ0n) is 14.1. The molecule has 0 aliphatic heterocycles. The summed E-state index contributed by atoms with van der Waals surface area (Å²) in [5.74, 6) is 1.78. The number of aromatic nitrogens is 3. The predicted molar refractivity (Wildman–Crippen MR) is 95.3 cm³/mol. The Bertz CT molecular complexity index is 825. The van der Waals surface area contributed by atoms with Crippen molar-refractivity contribution in [1.82, 2.24) is 14.5 Å². The highest BCUT2D eigenvalue weighted by molar-refractivity contribution is 6.35. The number of hydrogen-bond acceptors (Lipinski definition) is 3. The van der Waals surface area contributed by atoms with Crippen LogP contribution in [0.1, 0.15) is 49.5 Å². The number of hydrogen-bond donors (Lipinski definition) is 0. The Hall–Kier alpha value is -1.68. The summed E-state index contributed by atoms with van der Waals surface area (Å²) in [6.45, 7) is 8.77. The molecule has 0 unspecified atom stereocenters. The molecule has 24 heavy (non-hydrogen) atoms. The van der Waals surface area contributed by atoms with Crippen molar-refractivity contribution in [2.45, 2.75) is 39.2 Å². The van der Waals surface area contributed by atoms with E-state index in [0.717, 1.165) is 18.4 Å². The van der Waals surface area contributed by atoms with Gasteiger partial charge in [0.05, 0.1) is 5.39 Å². The quantitative estimate of drug-likeness (QED) is 0.461. The van der Waals surface area contributed by atoms with Gasteiger partial charge in [-0.3, -0.25) is 4.79 Å². The number of allylic oxidation sites excluding steroid dienone is 1. The predicted octanol–water partition coefficient (Wildman–Crippen LogP) is 4.70. The standard InChI is InChI=1S/C19H22ClN3O/c1-4-11-5-15(14-7-19(2,3)6-13(11)14)23-8-12(9-24)16-17(20)21-10-22-18(16)23/h4,8-11,13-15H,1,5-7H2,2-3H3/t11-,13+,14+,15+/m0/s1. The van der Waals surface area contributed by atoms with Crippen LogP contribution >= 0.6 is 11.6 Å². The molecule has 0 radical (unpaired) electrons. The monoisotopic (exact) mass is 343 g/mol. The van der Waals surface area contributed by atoms with Gasteiger partial charge in [-0.05, 0) is 42.4 Å². The van der Waals surface area contributed by atoms with E-state index in [1.54, 1.807) is 0 Å². The Balaban J connectivity index is 1.84. The van der Waals surface area contributed by atoms with E-state index in [1.807, 2.05) is 6.20 Å². The van der Waals surface area contributed by atoms with Crippen LogP contribution in [0.15, 0.2) is 25.2 Å². The Labute approximate surface area is 146 Å². The van der Waals surface area contributed by atoms with Crippen molar-refractivity contribution in [1.29, 1.82) is 0 Å². The van der Waals surface area contributed by atoms with Crippen LogP contribution in [0.2, 0.25) is 5.15 Å². The van der Waals surface area contributed by atoms with E-state index in [9.17, 15) is 4.79 Å². The zero-order chi connectivity index (χ0) is 17.1. The maximum absolute atomic E-state index is 11.5. The fourth-order valence-electron chi connectivity index (χ4n) is 5.19. The molecule has 2 aromatic rings. The summed E-state index contributed by atoms with van der Waals surface area (Å²) >= 11 is 6.23. The summed E-state index contributed by atoms with van der Waals surface area (Å²) in [5, 5.41) is 1.02. The van der Waals surface area contributed by atoms with Crippen LogP contribution in [-0.2, 0) is 0 Å². The molecule has 2 aliphatic rings. The molecule has 4 atom stereocenters. The Morgan fingerprint density at radius 3 is 2.79 bits per heavy atom. The van der Waals surface area contributed by atoms with Gasteiger partial charge in [-0.2, -0.15) is 0 Å². The third-order valence-corrected chi connectivity index (χ3v) is 6.35. The lowest BCUT2D eigenvalue weighted by molar-refractivity contribution is 0.112. The van der Waals surface area contributed by atoms with Crippen molar-refractivity contribution in [3.8, 4) is 0 Å². The van der Waals surface area contributed by atoms with Crippen molar-refractivity contribution in [3.63, 3.8) is 0 Å². The molecule has 4 nitrogen and oxygen atoms in total. The van der Waals surface area contributed by atoms with E-state index >= 15 is 0 Å². The zero-order valence-corrected chi connectivity index (χ0v) is 14.8. The summed E-state index contributed by atoms with van der Waals surface area (Å²) < 4.78 is 2.18. The average Bonchev–Trinajstić information content (AvgIpc) is 3.16. The largest absolute Gasteiger partial charge is 0.328 e. The highest BCUT2D eigenvalue weighted by Crippen LogP contribution is 2.59. The summed E-state index contributed by atoms with van der Waals surface area (Å²) in [5.41, 5.74) is 1.71. The van der Waals surface area contributed by atoms with Crippen LogP contribution in [-0.4, -0.2) is 20.8 Å². The van der Waals surface area contributed by atoms with Crippen molar-refractivity contribution >= 4 is 28.9 Å². The molecule has 2 aromatic heterocycles. The van der Waals surface area contributed by atoms with Gasteiger partial charge >= 0.3 is 0 Å². The third-order valence-electron chi connectivity index (χ3n) is 6.06. The van der Waals surface area contributed by atoms with Crippen molar-refractivity contribution < 1.29 is 4.79 Å². The summed E-state index contributed by atoms with van der Waals surface area (Å²) in [7, 11) is 0.